The Morgan fingerprint density at radius 3 is 2.96 bits per heavy atom. The fourth-order valence-electron chi connectivity index (χ4n) is 3.86. The highest BCUT2D eigenvalue weighted by Gasteiger charge is 2.29. The van der Waals surface area contributed by atoms with Crippen molar-refractivity contribution in [3.8, 4) is 0 Å². The van der Waals surface area contributed by atoms with Gasteiger partial charge in [-0.25, -0.2) is 0 Å². The van der Waals surface area contributed by atoms with E-state index in [0.29, 0.717) is 18.1 Å². The van der Waals surface area contributed by atoms with Gasteiger partial charge in [0.05, 0.1) is 6.54 Å². The maximum atomic E-state index is 12.9. The predicted molar refractivity (Wildman–Crippen MR) is 102 cm³/mol. The fraction of sp³-hybridized carbons (Fsp3) is 0.579. The monoisotopic (exact) mass is 378 g/mol. The van der Waals surface area contributed by atoms with Crippen molar-refractivity contribution in [3.05, 3.63) is 34.9 Å². The van der Waals surface area contributed by atoms with Gasteiger partial charge < -0.3 is 15.5 Å². The van der Waals surface area contributed by atoms with E-state index in [1.54, 1.807) is 0 Å². The zero-order valence-electron chi connectivity index (χ0n) is 15.2. The van der Waals surface area contributed by atoms with E-state index < -0.39 is 0 Å². The van der Waals surface area contributed by atoms with E-state index in [2.05, 4.69) is 21.6 Å². The Morgan fingerprint density at radius 1 is 1.35 bits per heavy atom. The SMILES string of the molecule is CC(=O)NC1CCCN(C(=O)CN2CCNCC2c2cccc(Cl)c2)C1. The lowest BCUT2D eigenvalue weighted by atomic mass is 10.0. The van der Waals surface area contributed by atoms with Crippen molar-refractivity contribution < 1.29 is 9.59 Å². The number of rotatable bonds is 4. The predicted octanol–water partition coefficient (Wildman–Crippen LogP) is 1.41. The molecule has 7 heteroatoms. The lowest BCUT2D eigenvalue weighted by Crippen LogP contribution is -2.54. The van der Waals surface area contributed by atoms with Crippen LogP contribution in [0.2, 0.25) is 5.02 Å². The van der Waals surface area contributed by atoms with Crippen molar-refractivity contribution in [2.75, 3.05) is 39.3 Å². The molecule has 0 saturated carbocycles. The van der Waals surface area contributed by atoms with Crippen LogP contribution < -0.4 is 10.6 Å². The number of nitrogens with zero attached hydrogens (tertiary/aromatic N) is 2. The van der Waals surface area contributed by atoms with E-state index in [0.717, 1.165) is 44.6 Å². The lowest BCUT2D eigenvalue weighted by molar-refractivity contribution is -0.135. The molecule has 2 fully saturated rings. The number of piperidine rings is 1. The molecule has 1 aromatic carbocycles. The van der Waals surface area contributed by atoms with Crippen molar-refractivity contribution in [1.82, 2.24) is 20.4 Å². The summed E-state index contributed by atoms with van der Waals surface area (Å²) in [6.07, 6.45) is 1.86. The topological polar surface area (TPSA) is 64.7 Å². The van der Waals surface area contributed by atoms with Crippen LogP contribution in [0.4, 0.5) is 0 Å². The summed E-state index contributed by atoms with van der Waals surface area (Å²) in [5, 5.41) is 7.06. The molecule has 2 atom stereocenters. The van der Waals surface area contributed by atoms with Gasteiger partial charge in [-0.1, -0.05) is 23.7 Å². The zero-order valence-corrected chi connectivity index (χ0v) is 16.0. The second-order valence-electron chi connectivity index (χ2n) is 7.12. The van der Waals surface area contributed by atoms with Gasteiger partial charge in [-0.3, -0.25) is 14.5 Å². The molecule has 2 aliphatic rings. The summed E-state index contributed by atoms with van der Waals surface area (Å²) in [6.45, 7) is 5.80. The van der Waals surface area contributed by atoms with Crippen molar-refractivity contribution in [1.29, 1.82) is 0 Å². The van der Waals surface area contributed by atoms with Crippen molar-refractivity contribution in [2.45, 2.75) is 31.8 Å². The maximum absolute atomic E-state index is 12.9. The van der Waals surface area contributed by atoms with Crippen LogP contribution in [0.5, 0.6) is 0 Å². The first-order valence-electron chi connectivity index (χ1n) is 9.28. The number of carbonyl (C=O) groups is 2. The van der Waals surface area contributed by atoms with Crippen LogP contribution >= 0.6 is 11.6 Å². The number of hydrogen-bond donors (Lipinski definition) is 2. The van der Waals surface area contributed by atoms with Crippen molar-refractivity contribution in [3.63, 3.8) is 0 Å². The molecule has 6 nitrogen and oxygen atoms in total. The molecule has 2 aliphatic heterocycles. The Labute approximate surface area is 159 Å². The van der Waals surface area contributed by atoms with Crippen LogP contribution in [0.1, 0.15) is 31.4 Å². The van der Waals surface area contributed by atoms with Crippen LogP contribution in [0.25, 0.3) is 0 Å². The minimum absolute atomic E-state index is 0.0348. The zero-order chi connectivity index (χ0) is 18.5. The molecule has 1 aromatic rings. The van der Waals surface area contributed by atoms with Gasteiger partial charge in [-0.2, -0.15) is 0 Å². The summed E-state index contributed by atoms with van der Waals surface area (Å²) in [6, 6.07) is 8.07. The smallest absolute Gasteiger partial charge is 0.236 e. The first-order valence-corrected chi connectivity index (χ1v) is 9.66. The third kappa shape index (κ3) is 4.96. The van der Waals surface area contributed by atoms with Crippen LogP contribution in [0.3, 0.4) is 0 Å². The molecule has 0 aromatic heterocycles. The average molecular weight is 379 g/mol. The molecule has 0 radical (unpaired) electrons. The minimum atomic E-state index is -0.0348. The highest BCUT2D eigenvalue weighted by molar-refractivity contribution is 6.30. The third-order valence-corrected chi connectivity index (χ3v) is 5.34. The number of benzene rings is 1. The summed E-state index contributed by atoms with van der Waals surface area (Å²) in [5.41, 5.74) is 1.13. The molecule has 142 valence electrons. The number of amides is 2. The number of piperazine rings is 1. The number of hydrogen-bond acceptors (Lipinski definition) is 4. The first-order chi connectivity index (χ1) is 12.5. The normalized spacial score (nSPS) is 24.3. The highest BCUT2D eigenvalue weighted by Crippen LogP contribution is 2.25. The fourth-order valence-corrected chi connectivity index (χ4v) is 4.06. The Bertz CT molecular complexity index is 654. The molecular formula is C19H27ClN4O2. The Morgan fingerprint density at radius 2 is 2.19 bits per heavy atom. The minimum Gasteiger partial charge on any atom is -0.352 e. The van der Waals surface area contributed by atoms with E-state index in [-0.39, 0.29) is 23.9 Å². The first kappa shape index (κ1) is 19.1. The summed E-state index contributed by atoms with van der Waals surface area (Å²) in [4.78, 5) is 28.3. The highest BCUT2D eigenvalue weighted by atomic mass is 35.5. The Hall–Kier alpha value is -1.63. The summed E-state index contributed by atoms with van der Waals surface area (Å²) in [5.74, 6) is 0.0985. The summed E-state index contributed by atoms with van der Waals surface area (Å²) >= 11 is 6.15. The van der Waals surface area contributed by atoms with Gasteiger partial charge in [0.2, 0.25) is 11.8 Å². The molecule has 0 spiro atoms. The molecule has 2 heterocycles. The molecule has 3 rings (SSSR count). The van der Waals surface area contributed by atoms with E-state index in [9.17, 15) is 9.59 Å². The van der Waals surface area contributed by atoms with Crippen molar-refractivity contribution >= 4 is 23.4 Å². The van der Waals surface area contributed by atoms with Gasteiger partial charge in [0, 0.05) is 56.8 Å². The van der Waals surface area contributed by atoms with E-state index in [1.807, 2.05) is 23.1 Å². The quantitative estimate of drug-likeness (QED) is 0.831. The number of halogens is 1. The third-order valence-electron chi connectivity index (χ3n) is 5.11. The molecule has 2 unspecified atom stereocenters. The number of carbonyl (C=O) groups excluding carboxylic acids is 2. The standard InChI is InChI=1S/C19H27ClN4O2/c1-14(25)22-17-6-3-8-24(12-17)19(26)13-23-9-7-21-11-18(23)15-4-2-5-16(20)10-15/h2,4-5,10,17-18,21H,3,6-9,11-13H2,1H3,(H,22,25). The molecule has 2 amide bonds. The van der Waals surface area contributed by atoms with Crippen LogP contribution in [-0.4, -0.2) is 66.9 Å². The van der Waals surface area contributed by atoms with Gasteiger partial charge in [0.25, 0.3) is 0 Å². The molecule has 2 N–H and O–H groups in total. The van der Waals surface area contributed by atoms with Gasteiger partial charge in [-0.15, -0.1) is 0 Å². The number of nitrogens with one attached hydrogen (secondary N) is 2. The van der Waals surface area contributed by atoms with Crippen molar-refractivity contribution in [2.24, 2.45) is 0 Å². The largest absolute Gasteiger partial charge is 0.352 e. The molecular weight excluding hydrogens is 352 g/mol. The van der Waals surface area contributed by atoms with Gasteiger partial charge in [-0.05, 0) is 30.5 Å². The van der Waals surface area contributed by atoms with Gasteiger partial charge in [0.15, 0.2) is 0 Å². The van der Waals surface area contributed by atoms with Gasteiger partial charge >= 0.3 is 0 Å². The van der Waals surface area contributed by atoms with E-state index in [4.69, 9.17) is 11.6 Å². The van der Waals surface area contributed by atoms with E-state index in [1.165, 1.54) is 6.92 Å². The van der Waals surface area contributed by atoms with Gasteiger partial charge in [0.1, 0.15) is 0 Å². The maximum Gasteiger partial charge on any atom is 0.236 e. The molecule has 0 aliphatic carbocycles. The van der Waals surface area contributed by atoms with Crippen LogP contribution in [-0.2, 0) is 9.59 Å². The second-order valence-corrected chi connectivity index (χ2v) is 7.56. The Balaban J connectivity index is 1.63. The van der Waals surface area contributed by atoms with Crippen LogP contribution in [0, 0.1) is 0 Å². The summed E-state index contributed by atoms with van der Waals surface area (Å²) in [7, 11) is 0. The lowest BCUT2D eigenvalue weighted by Gasteiger charge is -2.39. The average Bonchev–Trinajstić information content (AvgIpc) is 2.62. The Kier molecular flexibility index (Phi) is 6.51. The number of likely N-dealkylation sites (tertiary alicyclic amines) is 1. The second kappa shape index (κ2) is 8.84. The molecule has 26 heavy (non-hydrogen) atoms. The molecule has 2 saturated heterocycles. The summed E-state index contributed by atoms with van der Waals surface area (Å²) < 4.78 is 0. The van der Waals surface area contributed by atoms with E-state index >= 15 is 0 Å². The molecule has 0 bridgehead atoms. The van der Waals surface area contributed by atoms with Crippen LogP contribution in [0.15, 0.2) is 24.3 Å².